The second kappa shape index (κ2) is 10.7. The third-order valence-corrected chi connectivity index (χ3v) is 4.94. The van der Waals surface area contributed by atoms with Crippen molar-refractivity contribution < 1.29 is 19.0 Å². The normalized spacial score (nSPS) is 16.0. The Hall–Kier alpha value is -3.01. The molecule has 0 spiro atoms. The monoisotopic (exact) mass is 426 g/mol. The van der Waals surface area contributed by atoms with E-state index >= 15 is 0 Å². The van der Waals surface area contributed by atoms with Crippen molar-refractivity contribution in [1.29, 1.82) is 5.26 Å². The van der Waals surface area contributed by atoms with E-state index in [1.807, 2.05) is 18.2 Å². The highest BCUT2D eigenvalue weighted by atomic mass is 35.5. The standard InChI is InChI=1S/C23H23ClN2O4/c1-28-22-12-17(6-9-21(22)30-15-16-4-7-19(24)8-5-16)11-18(13-25)23(27)26-14-20-3-2-10-29-20/h4-9,11-12,20H,2-3,10,14-15H2,1H3,(H,26,27)/b18-11-. The Bertz CT molecular complexity index is 945. The summed E-state index contributed by atoms with van der Waals surface area (Å²) < 4.78 is 16.7. The molecule has 1 amide bonds. The number of nitriles is 1. The van der Waals surface area contributed by atoms with Crippen LogP contribution in [0.15, 0.2) is 48.0 Å². The summed E-state index contributed by atoms with van der Waals surface area (Å²) >= 11 is 5.90. The number of hydrogen-bond acceptors (Lipinski definition) is 5. The van der Waals surface area contributed by atoms with Crippen LogP contribution < -0.4 is 14.8 Å². The van der Waals surface area contributed by atoms with E-state index in [-0.39, 0.29) is 11.7 Å². The van der Waals surface area contributed by atoms with Crippen molar-refractivity contribution in [2.24, 2.45) is 0 Å². The Morgan fingerprint density at radius 3 is 2.77 bits per heavy atom. The van der Waals surface area contributed by atoms with Crippen LogP contribution in [0.25, 0.3) is 6.08 Å². The maximum absolute atomic E-state index is 12.3. The van der Waals surface area contributed by atoms with Gasteiger partial charge in [-0.3, -0.25) is 4.79 Å². The van der Waals surface area contributed by atoms with E-state index in [2.05, 4.69) is 5.32 Å². The van der Waals surface area contributed by atoms with Crippen molar-refractivity contribution in [3.05, 3.63) is 64.2 Å². The Morgan fingerprint density at radius 2 is 2.10 bits per heavy atom. The van der Waals surface area contributed by atoms with Crippen LogP contribution in [0, 0.1) is 11.3 Å². The lowest BCUT2D eigenvalue weighted by atomic mass is 10.1. The number of hydrogen-bond donors (Lipinski definition) is 1. The van der Waals surface area contributed by atoms with Gasteiger partial charge in [-0.25, -0.2) is 0 Å². The number of benzene rings is 2. The van der Waals surface area contributed by atoms with Crippen molar-refractivity contribution in [2.45, 2.75) is 25.6 Å². The number of halogens is 1. The molecule has 30 heavy (non-hydrogen) atoms. The molecule has 156 valence electrons. The van der Waals surface area contributed by atoms with Crippen molar-refractivity contribution in [3.8, 4) is 17.6 Å². The van der Waals surface area contributed by atoms with Crippen LogP contribution in [0.1, 0.15) is 24.0 Å². The van der Waals surface area contributed by atoms with E-state index in [0.29, 0.717) is 41.8 Å². The van der Waals surface area contributed by atoms with Gasteiger partial charge in [0.25, 0.3) is 5.91 Å². The summed E-state index contributed by atoms with van der Waals surface area (Å²) in [5.41, 5.74) is 1.65. The number of nitrogens with zero attached hydrogens (tertiary/aromatic N) is 1. The molecule has 0 saturated carbocycles. The molecule has 6 nitrogen and oxygen atoms in total. The van der Waals surface area contributed by atoms with Crippen LogP contribution in [0.4, 0.5) is 0 Å². The Labute approximate surface area is 181 Å². The molecule has 1 unspecified atom stereocenters. The molecule has 0 radical (unpaired) electrons. The van der Waals surface area contributed by atoms with Crippen LogP contribution >= 0.6 is 11.6 Å². The molecule has 1 aliphatic rings. The molecule has 1 heterocycles. The molecule has 7 heteroatoms. The largest absolute Gasteiger partial charge is 0.493 e. The van der Waals surface area contributed by atoms with Gasteiger partial charge in [-0.2, -0.15) is 5.26 Å². The number of nitrogens with one attached hydrogen (secondary N) is 1. The maximum Gasteiger partial charge on any atom is 0.262 e. The van der Waals surface area contributed by atoms with E-state index < -0.39 is 5.91 Å². The lowest BCUT2D eigenvalue weighted by Gasteiger charge is -2.12. The Balaban J connectivity index is 1.66. The van der Waals surface area contributed by atoms with Gasteiger partial charge in [-0.15, -0.1) is 0 Å². The average molecular weight is 427 g/mol. The first-order valence-electron chi connectivity index (χ1n) is 9.66. The van der Waals surface area contributed by atoms with Crippen LogP contribution in [0.3, 0.4) is 0 Å². The molecule has 2 aromatic carbocycles. The fraction of sp³-hybridized carbons (Fsp3) is 0.304. The van der Waals surface area contributed by atoms with Gasteiger partial charge in [0.05, 0.1) is 13.2 Å². The number of ether oxygens (including phenoxy) is 3. The van der Waals surface area contributed by atoms with E-state index in [9.17, 15) is 10.1 Å². The summed E-state index contributed by atoms with van der Waals surface area (Å²) in [6.07, 6.45) is 3.45. The highest BCUT2D eigenvalue weighted by Gasteiger charge is 2.17. The van der Waals surface area contributed by atoms with E-state index in [0.717, 1.165) is 18.4 Å². The molecule has 1 saturated heterocycles. The van der Waals surface area contributed by atoms with Gasteiger partial charge in [-0.1, -0.05) is 29.8 Å². The van der Waals surface area contributed by atoms with Gasteiger partial charge in [0.15, 0.2) is 11.5 Å². The van der Waals surface area contributed by atoms with Crippen LogP contribution in [0.2, 0.25) is 5.02 Å². The predicted molar refractivity (Wildman–Crippen MR) is 114 cm³/mol. The zero-order valence-electron chi connectivity index (χ0n) is 16.7. The Kier molecular flexibility index (Phi) is 7.72. The fourth-order valence-electron chi connectivity index (χ4n) is 3.06. The lowest BCUT2D eigenvalue weighted by molar-refractivity contribution is -0.117. The summed E-state index contributed by atoms with van der Waals surface area (Å²) in [5, 5.41) is 12.8. The van der Waals surface area contributed by atoms with Crippen LogP contribution in [-0.4, -0.2) is 32.3 Å². The zero-order chi connectivity index (χ0) is 21.3. The molecular weight excluding hydrogens is 404 g/mol. The van der Waals surface area contributed by atoms with E-state index in [4.69, 9.17) is 25.8 Å². The Morgan fingerprint density at radius 1 is 1.30 bits per heavy atom. The minimum Gasteiger partial charge on any atom is -0.493 e. The first kappa shape index (κ1) is 21.7. The first-order chi connectivity index (χ1) is 14.6. The number of rotatable bonds is 8. The van der Waals surface area contributed by atoms with Crippen molar-refractivity contribution in [3.63, 3.8) is 0 Å². The van der Waals surface area contributed by atoms with Crippen LogP contribution in [0.5, 0.6) is 11.5 Å². The second-order valence-corrected chi connectivity index (χ2v) is 7.28. The molecule has 1 aliphatic heterocycles. The molecule has 3 rings (SSSR count). The second-order valence-electron chi connectivity index (χ2n) is 6.84. The highest BCUT2D eigenvalue weighted by Crippen LogP contribution is 2.30. The third-order valence-electron chi connectivity index (χ3n) is 4.69. The fourth-order valence-corrected chi connectivity index (χ4v) is 3.18. The van der Waals surface area contributed by atoms with Gasteiger partial charge < -0.3 is 19.5 Å². The molecule has 1 N–H and O–H groups in total. The highest BCUT2D eigenvalue weighted by molar-refractivity contribution is 6.30. The average Bonchev–Trinajstić information content (AvgIpc) is 3.29. The number of amides is 1. The number of methoxy groups -OCH3 is 1. The molecule has 0 aromatic heterocycles. The SMILES string of the molecule is COc1cc(/C=C(/C#N)C(=O)NCC2CCCO2)ccc1OCc1ccc(Cl)cc1. The van der Waals surface area contributed by atoms with Gasteiger partial charge in [0.2, 0.25) is 0 Å². The first-order valence-corrected chi connectivity index (χ1v) is 10.0. The smallest absolute Gasteiger partial charge is 0.262 e. The molecule has 0 bridgehead atoms. The molecule has 0 aliphatic carbocycles. The third kappa shape index (κ3) is 5.99. The van der Waals surface area contributed by atoms with Gasteiger partial charge >= 0.3 is 0 Å². The molecule has 1 atom stereocenters. The molecule has 1 fully saturated rings. The molecular formula is C23H23ClN2O4. The van der Waals surface area contributed by atoms with E-state index in [1.54, 1.807) is 30.3 Å². The lowest BCUT2D eigenvalue weighted by Crippen LogP contribution is -2.32. The minimum absolute atomic E-state index is 0.0184. The molecule has 2 aromatic rings. The summed E-state index contributed by atoms with van der Waals surface area (Å²) in [7, 11) is 1.54. The van der Waals surface area contributed by atoms with Gasteiger partial charge in [0, 0.05) is 18.2 Å². The summed E-state index contributed by atoms with van der Waals surface area (Å²) in [6, 6.07) is 14.6. The van der Waals surface area contributed by atoms with Gasteiger partial charge in [0.1, 0.15) is 18.2 Å². The van der Waals surface area contributed by atoms with E-state index in [1.165, 1.54) is 13.2 Å². The summed E-state index contributed by atoms with van der Waals surface area (Å²) in [5.74, 6) is 0.649. The number of carbonyl (C=O) groups is 1. The summed E-state index contributed by atoms with van der Waals surface area (Å²) in [4.78, 5) is 12.3. The minimum atomic E-state index is -0.421. The zero-order valence-corrected chi connectivity index (χ0v) is 17.4. The van der Waals surface area contributed by atoms with Crippen molar-refractivity contribution in [2.75, 3.05) is 20.3 Å². The van der Waals surface area contributed by atoms with Crippen LogP contribution in [-0.2, 0) is 16.1 Å². The van der Waals surface area contributed by atoms with Crippen molar-refractivity contribution >= 4 is 23.6 Å². The summed E-state index contributed by atoms with van der Waals surface area (Å²) in [6.45, 7) is 1.48. The predicted octanol–water partition coefficient (Wildman–Crippen LogP) is 4.13. The van der Waals surface area contributed by atoms with Gasteiger partial charge in [-0.05, 0) is 54.3 Å². The van der Waals surface area contributed by atoms with Crippen molar-refractivity contribution in [1.82, 2.24) is 5.32 Å². The topological polar surface area (TPSA) is 80.6 Å². The number of carbonyl (C=O) groups excluding carboxylic acids is 1. The quantitative estimate of drug-likeness (QED) is 0.507. The maximum atomic E-state index is 12.3.